The minimum absolute atomic E-state index is 0.246. The molecule has 0 saturated carbocycles. The van der Waals surface area contributed by atoms with Gasteiger partial charge >= 0.3 is 0 Å². The molecule has 4 N–H and O–H groups in total. The monoisotopic (exact) mass is 343 g/mol. The second-order valence-corrected chi connectivity index (χ2v) is 6.37. The van der Waals surface area contributed by atoms with Crippen LogP contribution in [0.5, 0.6) is 0 Å². The fourth-order valence-corrected chi connectivity index (χ4v) is 3.46. The summed E-state index contributed by atoms with van der Waals surface area (Å²) in [5.41, 5.74) is 12.0. The molecule has 5 rings (SSSR count). The third-order valence-electron chi connectivity index (χ3n) is 4.60. The van der Waals surface area contributed by atoms with Gasteiger partial charge in [0.05, 0.1) is 16.7 Å². The number of aromatic amines is 1. The Kier molecular flexibility index (Phi) is 3.08. The molecular weight excluding hydrogens is 326 g/mol. The molecule has 1 unspecified atom stereocenters. The number of nitrogens with zero attached hydrogens (tertiary/aromatic N) is 4. The Morgan fingerprint density at radius 1 is 1.12 bits per heavy atom. The molecule has 0 fully saturated rings. The lowest BCUT2D eigenvalue weighted by Gasteiger charge is -2.26. The lowest BCUT2D eigenvalue weighted by Crippen LogP contribution is -2.40. The van der Waals surface area contributed by atoms with E-state index in [1.54, 1.807) is 0 Å². The summed E-state index contributed by atoms with van der Waals surface area (Å²) in [6.07, 6.45) is 1.65. The van der Waals surface area contributed by atoms with E-state index < -0.39 is 0 Å². The van der Waals surface area contributed by atoms with Crippen molar-refractivity contribution in [2.75, 3.05) is 0 Å². The number of imidazole rings is 1. The van der Waals surface area contributed by atoms with E-state index in [0.717, 1.165) is 27.9 Å². The predicted octanol–water partition coefficient (Wildman–Crippen LogP) is 2.83. The summed E-state index contributed by atoms with van der Waals surface area (Å²) in [4.78, 5) is 8.97. The molecular formula is C19H17N7. The number of hydrogen-bond acceptors (Lipinski definition) is 5. The molecule has 4 aromatic rings. The standard InChI is InChI=1S/C19H17N7/c1-11-5-4-6-12(9-11)16-13(10-21-25-16)17-23-18(20)24-19-22-14-7-2-3-8-15(14)26(17)19/h2-10,17H,1H3,(H,21,25)(H3,20,22,23,24). The number of aryl methyl sites for hydroxylation is 1. The Bertz CT molecular complexity index is 1150. The van der Waals surface area contributed by atoms with Gasteiger partial charge in [0.25, 0.3) is 0 Å². The molecule has 26 heavy (non-hydrogen) atoms. The molecule has 0 amide bonds. The predicted molar refractivity (Wildman–Crippen MR) is 101 cm³/mol. The van der Waals surface area contributed by atoms with E-state index in [4.69, 9.17) is 5.73 Å². The Morgan fingerprint density at radius 2 is 2.00 bits per heavy atom. The number of rotatable bonds is 2. The summed E-state index contributed by atoms with van der Waals surface area (Å²) in [7, 11) is 0. The first-order valence-corrected chi connectivity index (χ1v) is 8.39. The van der Waals surface area contributed by atoms with E-state index in [-0.39, 0.29) is 6.17 Å². The van der Waals surface area contributed by atoms with Gasteiger partial charge in [0.2, 0.25) is 5.95 Å². The molecule has 2 aromatic carbocycles. The highest BCUT2D eigenvalue weighted by atomic mass is 15.4. The van der Waals surface area contributed by atoms with E-state index in [1.165, 1.54) is 5.56 Å². The molecule has 0 bridgehead atoms. The fourth-order valence-electron chi connectivity index (χ4n) is 3.46. The van der Waals surface area contributed by atoms with Crippen LogP contribution >= 0.6 is 0 Å². The minimum atomic E-state index is -0.246. The van der Waals surface area contributed by atoms with Crippen molar-refractivity contribution in [1.29, 1.82) is 0 Å². The number of benzene rings is 2. The molecule has 0 saturated heterocycles. The van der Waals surface area contributed by atoms with Gasteiger partial charge in [-0.25, -0.2) is 4.98 Å². The second kappa shape index (κ2) is 5.45. The van der Waals surface area contributed by atoms with Crippen LogP contribution in [-0.2, 0) is 0 Å². The van der Waals surface area contributed by atoms with Crippen LogP contribution in [0.4, 0.5) is 5.95 Å². The quantitative estimate of drug-likeness (QED) is 0.521. The van der Waals surface area contributed by atoms with Crippen LogP contribution in [-0.4, -0.2) is 25.7 Å². The van der Waals surface area contributed by atoms with Crippen molar-refractivity contribution >= 4 is 22.9 Å². The molecule has 0 aliphatic carbocycles. The smallest absolute Gasteiger partial charge is 0.235 e. The molecule has 1 atom stereocenters. The van der Waals surface area contributed by atoms with E-state index in [1.807, 2.05) is 36.5 Å². The van der Waals surface area contributed by atoms with Crippen LogP contribution in [0.15, 0.2) is 59.7 Å². The number of fused-ring (bicyclic) bond motifs is 3. The second-order valence-electron chi connectivity index (χ2n) is 6.37. The highest BCUT2D eigenvalue weighted by Crippen LogP contribution is 2.34. The van der Waals surface area contributed by atoms with Gasteiger partial charge in [-0.3, -0.25) is 9.67 Å². The number of aromatic nitrogens is 4. The normalized spacial score (nSPS) is 16.2. The van der Waals surface area contributed by atoms with Crippen molar-refractivity contribution in [3.05, 3.63) is 65.9 Å². The maximum Gasteiger partial charge on any atom is 0.235 e. The van der Waals surface area contributed by atoms with E-state index in [2.05, 4.69) is 55.2 Å². The summed E-state index contributed by atoms with van der Waals surface area (Å²) in [5, 5.41) is 10.7. The number of aliphatic imine (C=N–C) groups is 1. The zero-order valence-corrected chi connectivity index (χ0v) is 14.1. The molecule has 1 aliphatic rings. The van der Waals surface area contributed by atoms with E-state index in [9.17, 15) is 0 Å². The minimum Gasteiger partial charge on any atom is -0.370 e. The van der Waals surface area contributed by atoms with Gasteiger partial charge in [-0.2, -0.15) is 10.1 Å². The first kappa shape index (κ1) is 14.7. The molecule has 0 spiro atoms. The first-order valence-electron chi connectivity index (χ1n) is 8.39. The van der Waals surface area contributed by atoms with Crippen LogP contribution in [0.3, 0.4) is 0 Å². The van der Waals surface area contributed by atoms with Gasteiger partial charge in [0.1, 0.15) is 6.17 Å². The number of guanidine groups is 1. The Hall–Kier alpha value is -3.61. The van der Waals surface area contributed by atoms with Crippen LogP contribution in [0.1, 0.15) is 17.3 Å². The van der Waals surface area contributed by atoms with Gasteiger partial charge in [-0.15, -0.1) is 0 Å². The van der Waals surface area contributed by atoms with Crippen molar-refractivity contribution in [1.82, 2.24) is 25.1 Å². The summed E-state index contributed by atoms with van der Waals surface area (Å²) < 4.78 is 2.05. The highest BCUT2D eigenvalue weighted by molar-refractivity contribution is 5.86. The summed E-state index contributed by atoms with van der Waals surface area (Å²) >= 11 is 0. The number of nitrogens with one attached hydrogen (secondary N) is 2. The number of H-pyrrole nitrogens is 1. The van der Waals surface area contributed by atoms with E-state index >= 15 is 0 Å². The van der Waals surface area contributed by atoms with Crippen molar-refractivity contribution in [3.8, 4) is 11.3 Å². The third-order valence-corrected chi connectivity index (χ3v) is 4.60. The summed E-state index contributed by atoms with van der Waals surface area (Å²) in [5.74, 6) is 0.929. The largest absolute Gasteiger partial charge is 0.370 e. The van der Waals surface area contributed by atoms with Crippen LogP contribution in [0.25, 0.3) is 22.3 Å². The van der Waals surface area contributed by atoms with E-state index in [0.29, 0.717) is 11.9 Å². The maximum atomic E-state index is 6.04. The lowest BCUT2D eigenvalue weighted by atomic mass is 10.0. The summed E-state index contributed by atoms with van der Waals surface area (Å²) in [6, 6.07) is 16.2. The first-order chi connectivity index (χ1) is 12.7. The Morgan fingerprint density at radius 3 is 2.88 bits per heavy atom. The SMILES string of the molecule is Cc1cccc(-c2n[nH]cc2C2NC(N)=Nc3nc4ccccc4n32)c1. The average Bonchev–Trinajstić information content (AvgIpc) is 3.25. The average molecular weight is 343 g/mol. The molecule has 0 radical (unpaired) electrons. The summed E-state index contributed by atoms with van der Waals surface area (Å²) in [6.45, 7) is 2.07. The lowest BCUT2D eigenvalue weighted by molar-refractivity contribution is 0.552. The number of para-hydroxylation sites is 2. The Balaban J connectivity index is 1.72. The van der Waals surface area contributed by atoms with Crippen molar-refractivity contribution in [2.24, 2.45) is 10.7 Å². The highest BCUT2D eigenvalue weighted by Gasteiger charge is 2.28. The van der Waals surface area contributed by atoms with Gasteiger partial charge in [-0.05, 0) is 25.1 Å². The van der Waals surface area contributed by atoms with Gasteiger partial charge in [0, 0.05) is 17.3 Å². The zero-order valence-electron chi connectivity index (χ0n) is 14.1. The third kappa shape index (κ3) is 2.17. The van der Waals surface area contributed by atoms with Crippen LogP contribution in [0.2, 0.25) is 0 Å². The fraction of sp³-hybridized carbons (Fsp3) is 0.105. The number of hydrogen-bond donors (Lipinski definition) is 3. The molecule has 2 aromatic heterocycles. The van der Waals surface area contributed by atoms with Gasteiger partial charge in [0.15, 0.2) is 5.96 Å². The molecule has 3 heterocycles. The topological polar surface area (TPSA) is 96.9 Å². The van der Waals surface area contributed by atoms with Crippen LogP contribution < -0.4 is 11.1 Å². The Labute approximate surface area is 149 Å². The van der Waals surface area contributed by atoms with Gasteiger partial charge < -0.3 is 11.1 Å². The molecule has 128 valence electrons. The molecule has 7 heteroatoms. The van der Waals surface area contributed by atoms with Crippen molar-refractivity contribution in [2.45, 2.75) is 13.1 Å². The molecule has 7 nitrogen and oxygen atoms in total. The number of nitrogens with two attached hydrogens (primary N) is 1. The van der Waals surface area contributed by atoms with Crippen LogP contribution in [0, 0.1) is 6.92 Å². The van der Waals surface area contributed by atoms with Crippen molar-refractivity contribution < 1.29 is 0 Å². The van der Waals surface area contributed by atoms with Gasteiger partial charge in [-0.1, -0.05) is 35.9 Å². The van der Waals surface area contributed by atoms with Crippen molar-refractivity contribution in [3.63, 3.8) is 0 Å². The maximum absolute atomic E-state index is 6.04. The zero-order chi connectivity index (χ0) is 17.7. The molecule has 1 aliphatic heterocycles.